The Hall–Kier alpha value is -2.78. The van der Waals surface area contributed by atoms with Gasteiger partial charge in [-0.15, -0.1) is 0 Å². The molecule has 3 aliphatic rings. The van der Waals surface area contributed by atoms with E-state index in [1.54, 1.807) is 12.4 Å². The highest BCUT2D eigenvalue weighted by Gasteiger charge is 2.53. The van der Waals surface area contributed by atoms with E-state index in [4.69, 9.17) is 16.3 Å². The lowest BCUT2D eigenvalue weighted by Gasteiger charge is -2.45. The van der Waals surface area contributed by atoms with Gasteiger partial charge in [-0.25, -0.2) is 4.98 Å². The van der Waals surface area contributed by atoms with Gasteiger partial charge in [-0.05, 0) is 48.6 Å². The standard InChI is InChI=1S/C28H32ClN5O3/c1-17-25(21-5-3-4-6-30-21)26(17)27(36)32-24-13-18-12-22(20(29)11-19(18)14-31-24)33-7-9-34(10-8-33)28(2)16-37-15-23(28)35/h3-6,11-14,17,23,25-26,35H,7-10,15-16H2,1-2H3,(H,31,32,36)/t17?,23-,25?,26?,28+/m0/s1. The van der Waals surface area contributed by atoms with Gasteiger partial charge in [-0.1, -0.05) is 24.6 Å². The van der Waals surface area contributed by atoms with Crippen LogP contribution in [0.2, 0.25) is 5.02 Å². The molecule has 6 rings (SSSR count). The SMILES string of the molecule is CC1C(C(=O)Nc2cc3cc(N4CCN([C@]5(C)COC[C@@H]5O)CC4)c(Cl)cc3cn2)C1c1ccccn1. The minimum atomic E-state index is -0.470. The molecule has 0 bridgehead atoms. The molecule has 0 radical (unpaired) electrons. The minimum absolute atomic E-state index is 0.0214. The van der Waals surface area contributed by atoms with Gasteiger partial charge >= 0.3 is 0 Å². The smallest absolute Gasteiger partial charge is 0.229 e. The van der Waals surface area contributed by atoms with Crippen molar-refractivity contribution in [3.05, 3.63) is 59.5 Å². The maximum atomic E-state index is 13.0. The Bertz CT molecular complexity index is 1320. The Morgan fingerprint density at radius 3 is 2.68 bits per heavy atom. The van der Waals surface area contributed by atoms with Crippen molar-refractivity contribution in [1.82, 2.24) is 14.9 Å². The summed E-state index contributed by atoms with van der Waals surface area (Å²) in [6.45, 7) is 8.35. The minimum Gasteiger partial charge on any atom is -0.389 e. The summed E-state index contributed by atoms with van der Waals surface area (Å²) in [7, 11) is 0. The predicted octanol–water partition coefficient (Wildman–Crippen LogP) is 3.54. The van der Waals surface area contributed by atoms with Crippen molar-refractivity contribution in [3.8, 4) is 0 Å². The van der Waals surface area contributed by atoms with Crippen LogP contribution in [0, 0.1) is 11.8 Å². The molecule has 2 saturated heterocycles. The van der Waals surface area contributed by atoms with Gasteiger partial charge < -0.3 is 20.1 Å². The van der Waals surface area contributed by atoms with Gasteiger partial charge in [0.15, 0.2) is 0 Å². The lowest BCUT2D eigenvalue weighted by atomic mass is 9.95. The molecule has 8 nitrogen and oxygen atoms in total. The van der Waals surface area contributed by atoms with Crippen molar-refractivity contribution in [2.24, 2.45) is 11.8 Å². The van der Waals surface area contributed by atoms with Gasteiger partial charge in [0.1, 0.15) is 5.82 Å². The number of rotatable bonds is 5. The lowest BCUT2D eigenvalue weighted by Crippen LogP contribution is -2.60. The van der Waals surface area contributed by atoms with Crippen LogP contribution in [-0.4, -0.2) is 76.9 Å². The zero-order valence-corrected chi connectivity index (χ0v) is 21.9. The average molecular weight is 522 g/mol. The maximum Gasteiger partial charge on any atom is 0.229 e. The fourth-order valence-electron chi connectivity index (χ4n) is 5.98. The van der Waals surface area contributed by atoms with Crippen LogP contribution in [0.4, 0.5) is 11.5 Å². The summed E-state index contributed by atoms with van der Waals surface area (Å²) in [5.41, 5.74) is 1.59. The number of carbonyl (C=O) groups is 1. The van der Waals surface area contributed by atoms with Crippen molar-refractivity contribution in [2.75, 3.05) is 49.6 Å². The van der Waals surface area contributed by atoms with Crippen LogP contribution in [-0.2, 0) is 9.53 Å². The van der Waals surface area contributed by atoms with Gasteiger partial charge in [-0.2, -0.15) is 0 Å². The molecule has 4 heterocycles. The number of amides is 1. The Balaban J connectivity index is 1.16. The molecular formula is C28H32ClN5O3. The third kappa shape index (κ3) is 4.46. The summed E-state index contributed by atoms with van der Waals surface area (Å²) in [6.07, 6.45) is 3.06. The fraction of sp³-hybridized carbons (Fsp3) is 0.464. The number of piperazine rings is 1. The number of aliphatic hydroxyl groups excluding tert-OH is 1. The van der Waals surface area contributed by atoms with E-state index in [2.05, 4.69) is 45.0 Å². The van der Waals surface area contributed by atoms with Crippen molar-refractivity contribution in [3.63, 3.8) is 0 Å². The average Bonchev–Trinajstić information content (AvgIpc) is 3.47. The van der Waals surface area contributed by atoms with Crippen LogP contribution in [0.3, 0.4) is 0 Å². The molecule has 1 aromatic carbocycles. The highest BCUT2D eigenvalue weighted by molar-refractivity contribution is 6.34. The molecule has 3 unspecified atom stereocenters. The third-order valence-electron chi connectivity index (χ3n) is 8.48. The molecule has 9 heteroatoms. The first kappa shape index (κ1) is 24.6. The van der Waals surface area contributed by atoms with E-state index < -0.39 is 6.10 Å². The summed E-state index contributed by atoms with van der Waals surface area (Å²) >= 11 is 6.70. The van der Waals surface area contributed by atoms with Gasteiger partial charge in [-0.3, -0.25) is 14.7 Å². The molecule has 2 aromatic heterocycles. The van der Waals surface area contributed by atoms with Gasteiger partial charge in [0.25, 0.3) is 0 Å². The third-order valence-corrected chi connectivity index (χ3v) is 8.78. The maximum absolute atomic E-state index is 13.0. The number of pyridine rings is 2. The molecule has 3 aromatic rings. The molecule has 1 amide bonds. The van der Waals surface area contributed by atoms with E-state index in [9.17, 15) is 9.90 Å². The number of nitrogens with zero attached hydrogens (tertiary/aromatic N) is 4. The summed E-state index contributed by atoms with van der Waals surface area (Å²) in [5.74, 6) is 0.808. The molecule has 3 fully saturated rings. The quantitative estimate of drug-likeness (QED) is 0.530. The van der Waals surface area contributed by atoms with E-state index in [1.807, 2.05) is 30.3 Å². The summed E-state index contributed by atoms with van der Waals surface area (Å²) < 4.78 is 5.53. The number of hydrogen-bond donors (Lipinski definition) is 2. The van der Waals surface area contributed by atoms with Crippen LogP contribution in [0.5, 0.6) is 0 Å². The second-order valence-corrected chi connectivity index (χ2v) is 11.1. The van der Waals surface area contributed by atoms with E-state index in [0.717, 1.165) is 48.3 Å². The van der Waals surface area contributed by atoms with Crippen molar-refractivity contribution < 1.29 is 14.6 Å². The first-order valence-electron chi connectivity index (χ1n) is 12.9. The molecule has 194 valence electrons. The largest absolute Gasteiger partial charge is 0.389 e. The molecule has 2 N–H and O–H groups in total. The van der Waals surface area contributed by atoms with E-state index in [-0.39, 0.29) is 29.2 Å². The van der Waals surface area contributed by atoms with Crippen LogP contribution in [0.1, 0.15) is 25.5 Å². The van der Waals surface area contributed by atoms with E-state index in [1.165, 1.54) is 0 Å². The molecule has 37 heavy (non-hydrogen) atoms. The number of nitrogens with one attached hydrogen (secondary N) is 1. The van der Waals surface area contributed by atoms with Crippen molar-refractivity contribution in [1.29, 1.82) is 0 Å². The Kier molecular flexibility index (Phi) is 6.31. The monoisotopic (exact) mass is 521 g/mol. The number of hydrogen-bond acceptors (Lipinski definition) is 7. The zero-order chi connectivity index (χ0) is 25.7. The highest BCUT2D eigenvalue weighted by atomic mass is 35.5. The number of fused-ring (bicyclic) bond motifs is 1. The fourth-order valence-corrected chi connectivity index (χ4v) is 6.27. The molecule has 5 atom stereocenters. The Morgan fingerprint density at radius 2 is 1.97 bits per heavy atom. The number of carbonyl (C=O) groups excluding carboxylic acids is 1. The number of halogens is 1. The second-order valence-electron chi connectivity index (χ2n) is 10.7. The van der Waals surface area contributed by atoms with E-state index in [0.29, 0.717) is 24.1 Å². The predicted molar refractivity (Wildman–Crippen MR) is 144 cm³/mol. The van der Waals surface area contributed by atoms with Crippen LogP contribution in [0.25, 0.3) is 10.8 Å². The second kappa shape index (κ2) is 9.51. The normalized spacial score (nSPS) is 30.0. The van der Waals surface area contributed by atoms with Crippen LogP contribution < -0.4 is 10.2 Å². The molecule has 0 spiro atoms. The van der Waals surface area contributed by atoms with Crippen LogP contribution >= 0.6 is 11.6 Å². The highest BCUT2D eigenvalue weighted by Crippen LogP contribution is 2.53. The number of anilines is 2. The van der Waals surface area contributed by atoms with Crippen molar-refractivity contribution >= 4 is 39.8 Å². The zero-order valence-electron chi connectivity index (χ0n) is 21.1. The Morgan fingerprint density at radius 1 is 1.16 bits per heavy atom. The molecular weight excluding hydrogens is 490 g/mol. The number of aromatic nitrogens is 2. The first-order valence-corrected chi connectivity index (χ1v) is 13.3. The molecule has 1 aliphatic carbocycles. The topological polar surface area (TPSA) is 90.8 Å². The number of aliphatic hydroxyl groups is 1. The van der Waals surface area contributed by atoms with Gasteiger partial charge in [0.2, 0.25) is 5.91 Å². The van der Waals surface area contributed by atoms with E-state index >= 15 is 0 Å². The van der Waals surface area contributed by atoms with Crippen molar-refractivity contribution in [2.45, 2.75) is 31.4 Å². The van der Waals surface area contributed by atoms with Gasteiger partial charge in [0, 0.05) is 55.6 Å². The lowest BCUT2D eigenvalue weighted by molar-refractivity contribution is -0.117. The molecule has 2 aliphatic heterocycles. The van der Waals surface area contributed by atoms with Crippen LogP contribution in [0.15, 0.2) is 48.8 Å². The summed E-state index contributed by atoms with van der Waals surface area (Å²) in [6, 6.07) is 11.8. The summed E-state index contributed by atoms with van der Waals surface area (Å²) in [5, 5.41) is 16.0. The first-order chi connectivity index (χ1) is 17.8. The number of ether oxygens (including phenoxy) is 1. The summed E-state index contributed by atoms with van der Waals surface area (Å²) in [4.78, 5) is 26.5. The Labute approximate surface area is 221 Å². The van der Waals surface area contributed by atoms with Gasteiger partial charge in [0.05, 0.1) is 41.5 Å². The number of benzene rings is 1. The molecule has 1 saturated carbocycles.